The minimum atomic E-state index is -0.114. The Morgan fingerprint density at radius 2 is 1.85 bits per heavy atom. The van der Waals surface area contributed by atoms with Crippen LogP contribution in [0, 0.1) is 0 Å². The van der Waals surface area contributed by atoms with Crippen LogP contribution < -0.4 is 10.5 Å². The van der Waals surface area contributed by atoms with Crippen LogP contribution in [0.3, 0.4) is 0 Å². The molecule has 3 aliphatic rings. The molecular formula is C20H31N5O2. The van der Waals surface area contributed by atoms with E-state index in [0.717, 1.165) is 51.3 Å². The number of aromatic nitrogens is 2. The Kier molecular flexibility index (Phi) is 5.48. The van der Waals surface area contributed by atoms with Crippen molar-refractivity contribution in [3.8, 4) is 0 Å². The highest BCUT2D eigenvalue weighted by atomic mass is 16.2. The summed E-state index contributed by atoms with van der Waals surface area (Å²) in [5.41, 5.74) is 0.662. The van der Waals surface area contributed by atoms with E-state index in [1.54, 1.807) is 6.07 Å². The Labute approximate surface area is 160 Å². The minimum Gasteiger partial charge on any atom is -0.340 e. The first-order valence-corrected chi connectivity index (χ1v) is 10.5. The second kappa shape index (κ2) is 8.00. The molecule has 0 bridgehead atoms. The Balaban J connectivity index is 1.48. The van der Waals surface area contributed by atoms with Crippen LogP contribution in [0.4, 0.5) is 5.95 Å². The number of rotatable bonds is 4. The van der Waals surface area contributed by atoms with Crippen LogP contribution >= 0.6 is 0 Å². The maximum absolute atomic E-state index is 12.6. The summed E-state index contributed by atoms with van der Waals surface area (Å²) in [6.45, 7) is 7.66. The van der Waals surface area contributed by atoms with Crippen molar-refractivity contribution in [2.24, 2.45) is 0 Å². The zero-order valence-electron chi connectivity index (χ0n) is 16.3. The van der Waals surface area contributed by atoms with Gasteiger partial charge in [-0.15, -0.1) is 0 Å². The van der Waals surface area contributed by atoms with E-state index < -0.39 is 0 Å². The number of aromatic amines is 1. The maximum atomic E-state index is 12.6. The third kappa shape index (κ3) is 4.03. The molecule has 7 heteroatoms. The van der Waals surface area contributed by atoms with Gasteiger partial charge < -0.3 is 14.7 Å². The summed E-state index contributed by atoms with van der Waals surface area (Å²) in [6.07, 6.45) is 6.44. The molecule has 1 aromatic rings. The molecule has 1 amide bonds. The molecular weight excluding hydrogens is 342 g/mol. The molecule has 0 unspecified atom stereocenters. The molecule has 1 aliphatic carbocycles. The smallest absolute Gasteiger partial charge is 0.252 e. The van der Waals surface area contributed by atoms with E-state index in [2.05, 4.69) is 26.6 Å². The number of nitrogens with one attached hydrogen (secondary N) is 1. The third-order valence-corrected chi connectivity index (χ3v) is 6.46. The van der Waals surface area contributed by atoms with Gasteiger partial charge in [0.25, 0.3) is 5.56 Å². The van der Waals surface area contributed by atoms with Crippen molar-refractivity contribution < 1.29 is 4.79 Å². The van der Waals surface area contributed by atoms with Crippen LogP contribution in [0.25, 0.3) is 0 Å². The standard InChI is InChI=1S/C20H31N5O2/c1-2-23-8-10-24(11-9-23)20-21-17(13-18(26)22-20)15-12-19(27)25(14-15)16-6-4-3-5-7-16/h13,15-16H,2-12,14H2,1H3,(H,21,22,26)/t15-/m0/s1. The second-order valence-electron chi connectivity index (χ2n) is 8.15. The number of carbonyl (C=O) groups is 1. The first-order valence-electron chi connectivity index (χ1n) is 10.5. The fourth-order valence-corrected chi connectivity index (χ4v) is 4.77. The predicted molar refractivity (Wildman–Crippen MR) is 105 cm³/mol. The second-order valence-corrected chi connectivity index (χ2v) is 8.15. The lowest BCUT2D eigenvalue weighted by atomic mass is 9.94. The normalized spacial score (nSPS) is 25.4. The topological polar surface area (TPSA) is 72.5 Å². The summed E-state index contributed by atoms with van der Waals surface area (Å²) in [5, 5.41) is 0. The van der Waals surface area contributed by atoms with E-state index in [-0.39, 0.29) is 17.4 Å². The fraction of sp³-hybridized carbons (Fsp3) is 0.750. The van der Waals surface area contributed by atoms with Gasteiger partial charge in [-0.1, -0.05) is 26.2 Å². The average molecular weight is 374 g/mol. The number of carbonyl (C=O) groups excluding carboxylic acids is 1. The number of likely N-dealkylation sites (tertiary alicyclic amines) is 1. The largest absolute Gasteiger partial charge is 0.340 e. The highest BCUT2D eigenvalue weighted by molar-refractivity contribution is 5.80. The van der Waals surface area contributed by atoms with Crippen molar-refractivity contribution >= 4 is 11.9 Å². The summed E-state index contributed by atoms with van der Waals surface area (Å²) < 4.78 is 0. The van der Waals surface area contributed by atoms with Gasteiger partial charge in [-0.2, -0.15) is 0 Å². The van der Waals surface area contributed by atoms with E-state index in [1.165, 1.54) is 19.3 Å². The van der Waals surface area contributed by atoms with Crippen LogP contribution in [-0.4, -0.2) is 71.0 Å². The monoisotopic (exact) mass is 373 g/mol. The van der Waals surface area contributed by atoms with Gasteiger partial charge in [0.1, 0.15) is 0 Å². The maximum Gasteiger partial charge on any atom is 0.252 e. The number of piperazine rings is 1. The van der Waals surface area contributed by atoms with E-state index in [4.69, 9.17) is 4.98 Å². The highest BCUT2D eigenvalue weighted by Gasteiger charge is 2.36. The number of nitrogens with zero attached hydrogens (tertiary/aromatic N) is 4. The Hall–Kier alpha value is -1.89. The lowest BCUT2D eigenvalue weighted by Gasteiger charge is -2.34. The van der Waals surface area contributed by atoms with Crippen molar-refractivity contribution in [2.75, 3.05) is 44.2 Å². The first-order chi connectivity index (χ1) is 13.1. The SMILES string of the molecule is CCN1CCN(c2nc([C@H]3CC(=O)N(C4CCCCC4)C3)cc(=O)[nH]2)CC1. The van der Waals surface area contributed by atoms with Crippen molar-refractivity contribution in [3.63, 3.8) is 0 Å². The Morgan fingerprint density at radius 3 is 2.56 bits per heavy atom. The van der Waals surface area contributed by atoms with Crippen LogP contribution in [0.15, 0.2) is 10.9 Å². The quantitative estimate of drug-likeness (QED) is 0.867. The van der Waals surface area contributed by atoms with Crippen molar-refractivity contribution in [3.05, 3.63) is 22.1 Å². The van der Waals surface area contributed by atoms with Gasteiger partial charge in [-0.25, -0.2) is 4.98 Å². The first kappa shape index (κ1) is 18.5. The predicted octanol–water partition coefficient (Wildman–Crippen LogP) is 1.56. The highest BCUT2D eigenvalue weighted by Crippen LogP contribution is 2.32. The number of anilines is 1. The number of hydrogen-bond donors (Lipinski definition) is 1. The summed E-state index contributed by atoms with van der Waals surface area (Å²) >= 11 is 0. The molecule has 0 radical (unpaired) electrons. The Bertz CT molecular complexity index is 719. The molecule has 0 spiro atoms. The van der Waals surface area contributed by atoms with Gasteiger partial charge >= 0.3 is 0 Å². The molecule has 1 aromatic heterocycles. The van der Waals surface area contributed by atoms with E-state index >= 15 is 0 Å². The zero-order valence-corrected chi connectivity index (χ0v) is 16.3. The summed E-state index contributed by atoms with van der Waals surface area (Å²) in [5.74, 6) is 0.932. The lowest BCUT2D eigenvalue weighted by Crippen LogP contribution is -2.47. The van der Waals surface area contributed by atoms with Gasteiger partial charge in [0.05, 0.1) is 5.69 Å². The van der Waals surface area contributed by atoms with Gasteiger partial charge in [0, 0.05) is 57.2 Å². The van der Waals surface area contributed by atoms with Crippen LogP contribution in [0.2, 0.25) is 0 Å². The van der Waals surface area contributed by atoms with E-state index in [0.29, 0.717) is 25.0 Å². The summed E-state index contributed by atoms with van der Waals surface area (Å²) in [6, 6.07) is 1.98. The molecule has 1 atom stereocenters. The molecule has 27 heavy (non-hydrogen) atoms. The number of H-pyrrole nitrogens is 1. The van der Waals surface area contributed by atoms with Crippen molar-refractivity contribution in [1.82, 2.24) is 19.8 Å². The van der Waals surface area contributed by atoms with Crippen LogP contribution in [-0.2, 0) is 4.79 Å². The molecule has 148 valence electrons. The molecule has 7 nitrogen and oxygen atoms in total. The third-order valence-electron chi connectivity index (χ3n) is 6.46. The molecule has 2 aliphatic heterocycles. The van der Waals surface area contributed by atoms with E-state index in [9.17, 15) is 9.59 Å². The van der Waals surface area contributed by atoms with Crippen LogP contribution in [0.1, 0.15) is 57.1 Å². The van der Waals surface area contributed by atoms with Crippen LogP contribution in [0.5, 0.6) is 0 Å². The number of amides is 1. The fourth-order valence-electron chi connectivity index (χ4n) is 4.77. The van der Waals surface area contributed by atoms with Crippen molar-refractivity contribution in [1.29, 1.82) is 0 Å². The molecule has 3 fully saturated rings. The minimum absolute atomic E-state index is 0.0393. The molecule has 0 aromatic carbocycles. The van der Waals surface area contributed by atoms with Gasteiger partial charge in [0.2, 0.25) is 11.9 Å². The summed E-state index contributed by atoms with van der Waals surface area (Å²) in [4.78, 5) is 39.2. The molecule has 1 saturated carbocycles. The zero-order chi connectivity index (χ0) is 18.8. The molecule has 2 saturated heterocycles. The van der Waals surface area contributed by atoms with Crippen molar-refractivity contribution in [2.45, 2.75) is 57.4 Å². The number of hydrogen-bond acceptors (Lipinski definition) is 5. The lowest BCUT2D eigenvalue weighted by molar-refractivity contribution is -0.130. The van der Waals surface area contributed by atoms with Gasteiger partial charge in [0.15, 0.2) is 0 Å². The molecule has 1 N–H and O–H groups in total. The Morgan fingerprint density at radius 1 is 1.11 bits per heavy atom. The molecule has 4 rings (SSSR count). The van der Waals surface area contributed by atoms with Gasteiger partial charge in [-0.05, 0) is 19.4 Å². The average Bonchev–Trinajstić information content (AvgIpc) is 3.10. The van der Waals surface area contributed by atoms with E-state index in [1.807, 2.05) is 0 Å². The van der Waals surface area contributed by atoms with Gasteiger partial charge in [-0.3, -0.25) is 14.6 Å². The number of likely N-dealkylation sites (N-methyl/N-ethyl adjacent to an activating group) is 1. The summed E-state index contributed by atoms with van der Waals surface area (Å²) in [7, 11) is 0. The molecule has 3 heterocycles.